The summed E-state index contributed by atoms with van der Waals surface area (Å²) in [5, 5.41) is 3.37. The first-order valence-corrected chi connectivity index (χ1v) is 7.25. The SMILES string of the molecule is CC(C)(C)OCCC(=O)Nc1nc2ccc(N)cc2s1. The van der Waals surface area contributed by atoms with Gasteiger partial charge in [0.2, 0.25) is 5.91 Å². The van der Waals surface area contributed by atoms with Gasteiger partial charge in [-0.1, -0.05) is 11.3 Å². The van der Waals surface area contributed by atoms with Crippen LogP contribution in [-0.2, 0) is 9.53 Å². The Bertz CT molecular complexity index is 616. The Morgan fingerprint density at radius 2 is 2.20 bits per heavy atom. The first-order chi connectivity index (χ1) is 9.33. The number of hydrogen-bond donors (Lipinski definition) is 2. The summed E-state index contributed by atoms with van der Waals surface area (Å²) < 4.78 is 6.48. The molecular weight excluding hydrogens is 274 g/mol. The van der Waals surface area contributed by atoms with Crippen molar-refractivity contribution in [3.05, 3.63) is 18.2 Å². The van der Waals surface area contributed by atoms with Crippen molar-refractivity contribution in [3.63, 3.8) is 0 Å². The molecule has 0 saturated carbocycles. The predicted molar refractivity (Wildman–Crippen MR) is 83.0 cm³/mol. The Balaban J connectivity index is 1.93. The second kappa shape index (κ2) is 5.76. The van der Waals surface area contributed by atoms with Gasteiger partial charge in [0, 0.05) is 5.69 Å². The number of nitrogens with zero attached hydrogens (tertiary/aromatic N) is 1. The molecule has 2 aromatic rings. The Morgan fingerprint density at radius 3 is 2.90 bits per heavy atom. The lowest BCUT2D eigenvalue weighted by Gasteiger charge is -2.18. The van der Waals surface area contributed by atoms with E-state index in [1.165, 1.54) is 11.3 Å². The largest absolute Gasteiger partial charge is 0.399 e. The molecule has 3 N–H and O–H groups in total. The van der Waals surface area contributed by atoms with Crippen molar-refractivity contribution < 1.29 is 9.53 Å². The number of carbonyl (C=O) groups is 1. The minimum Gasteiger partial charge on any atom is -0.399 e. The molecule has 1 heterocycles. The van der Waals surface area contributed by atoms with Gasteiger partial charge in [0.1, 0.15) is 0 Å². The average molecular weight is 293 g/mol. The van der Waals surface area contributed by atoms with E-state index in [1.54, 1.807) is 6.07 Å². The monoisotopic (exact) mass is 293 g/mol. The van der Waals surface area contributed by atoms with Crippen LogP contribution in [0.2, 0.25) is 0 Å². The highest BCUT2D eigenvalue weighted by atomic mass is 32.1. The summed E-state index contributed by atoms with van der Waals surface area (Å²) in [4.78, 5) is 16.1. The lowest BCUT2D eigenvalue weighted by atomic mass is 10.2. The standard InChI is InChI=1S/C14H19N3O2S/c1-14(2,3)19-7-6-12(18)17-13-16-10-5-4-9(15)8-11(10)20-13/h4-5,8H,6-7,15H2,1-3H3,(H,16,17,18). The van der Waals surface area contributed by atoms with E-state index < -0.39 is 0 Å². The lowest BCUT2D eigenvalue weighted by molar-refractivity contribution is -0.118. The van der Waals surface area contributed by atoms with Crippen molar-refractivity contribution in [2.45, 2.75) is 32.8 Å². The number of amides is 1. The van der Waals surface area contributed by atoms with E-state index in [0.717, 1.165) is 10.2 Å². The van der Waals surface area contributed by atoms with Crippen LogP contribution in [0, 0.1) is 0 Å². The van der Waals surface area contributed by atoms with Crippen molar-refractivity contribution in [1.29, 1.82) is 0 Å². The Labute approximate surface area is 122 Å². The number of fused-ring (bicyclic) bond motifs is 1. The minimum absolute atomic E-state index is 0.0960. The molecular formula is C14H19N3O2S. The summed E-state index contributed by atoms with van der Waals surface area (Å²) in [6.45, 7) is 6.28. The number of nitrogen functional groups attached to an aromatic ring is 1. The van der Waals surface area contributed by atoms with Gasteiger partial charge in [-0.25, -0.2) is 4.98 Å². The maximum absolute atomic E-state index is 11.8. The van der Waals surface area contributed by atoms with Gasteiger partial charge in [-0.2, -0.15) is 0 Å². The molecule has 0 aliphatic rings. The van der Waals surface area contributed by atoms with Crippen LogP contribution >= 0.6 is 11.3 Å². The molecule has 0 fully saturated rings. The first-order valence-electron chi connectivity index (χ1n) is 6.43. The molecule has 0 bridgehead atoms. The Hall–Kier alpha value is -1.66. The van der Waals surface area contributed by atoms with E-state index in [4.69, 9.17) is 10.5 Å². The normalized spacial score (nSPS) is 11.8. The molecule has 108 valence electrons. The maximum atomic E-state index is 11.8. The maximum Gasteiger partial charge on any atom is 0.228 e. The third kappa shape index (κ3) is 4.18. The van der Waals surface area contributed by atoms with Gasteiger partial charge in [0.05, 0.1) is 28.8 Å². The molecule has 20 heavy (non-hydrogen) atoms. The molecule has 0 atom stereocenters. The van der Waals surface area contributed by atoms with Gasteiger partial charge < -0.3 is 15.8 Å². The number of nitrogens with two attached hydrogens (primary N) is 1. The van der Waals surface area contributed by atoms with Crippen LogP contribution in [0.15, 0.2) is 18.2 Å². The van der Waals surface area contributed by atoms with Gasteiger partial charge in [-0.05, 0) is 39.0 Å². The summed E-state index contributed by atoms with van der Waals surface area (Å²) in [6, 6.07) is 5.50. The summed E-state index contributed by atoms with van der Waals surface area (Å²) in [5.41, 5.74) is 7.02. The summed E-state index contributed by atoms with van der Waals surface area (Å²) in [6.07, 6.45) is 0.315. The lowest BCUT2D eigenvalue weighted by Crippen LogP contribution is -2.22. The van der Waals surface area contributed by atoms with Crippen molar-refractivity contribution in [2.24, 2.45) is 0 Å². The number of carbonyl (C=O) groups excluding carboxylic acids is 1. The summed E-state index contributed by atoms with van der Waals surface area (Å²) >= 11 is 1.41. The number of hydrogen-bond acceptors (Lipinski definition) is 5. The van der Waals surface area contributed by atoms with Crippen LogP contribution in [-0.4, -0.2) is 23.1 Å². The number of thiazole rings is 1. The second-order valence-electron chi connectivity index (χ2n) is 5.51. The highest BCUT2D eigenvalue weighted by Crippen LogP contribution is 2.27. The zero-order chi connectivity index (χ0) is 14.8. The summed E-state index contributed by atoms with van der Waals surface area (Å²) in [5.74, 6) is -0.0960. The molecule has 0 aliphatic heterocycles. The number of anilines is 2. The zero-order valence-electron chi connectivity index (χ0n) is 11.9. The van der Waals surface area contributed by atoms with Crippen LogP contribution < -0.4 is 11.1 Å². The third-order valence-corrected chi connectivity index (χ3v) is 3.46. The fraction of sp³-hybridized carbons (Fsp3) is 0.429. The Kier molecular flexibility index (Phi) is 4.25. The molecule has 0 unspecified atom stereocenters. The van der Waals surface area contributed by atoms with Crippen molar-refractivity contribution >= 4 is 38.3 Å². The fourth-order valence-electron chi connectivity index (χ4n) is 1.63. The smallest absolute Gasteiger partial charge is 0.228 e. The third-order valence-electron chi connectivity index (χ3n) is 2.52. The van der Waals surface area contributed by atoms with Crippen LogP contribution in [0.4, 0.5) is 10.8 Å². The molecule has 0 saturated heterocycles. The van der Waals surface area contributed by atoms with Gasteiger partial charge >= 0.3 is 0 Å². The van der Waals surface area contributed by atoms with E-state index in [9.17, 15) is 4.79 Å². The van der Waals surface area contributed by atoms with Gasteiger partial charge in [-0.15, -0.1) is 0 Å². The molecule has 0 aliphatic carbocycles. The van der Waals surface area contributed by atoms with E-state index in [0.29, 0.717) is 23.8 Å². The van der Waals surface area contributed by atoms with E-state index in [1.807, 2.05) is 32.9 Å². The van der Waals surface area contributed by atoms with Crippen LogP contribution in [0.3, 0.4) is 0 Å². The molecule has 2 rings (SSSR count). The Morgan fingerprint density at radius 1 is 1.45 bits per heavy atom. The highest BCUT2D eigenvalue weighted by Gasteiger charge is 2.12. The molecule has 0 spiro atoms. The zero-order valence-corrected chi connectivity index (χ0v) is 12.7. The number of nitrogens with one attached hydrogen (secondary N) is 1. The van der Waals surface area contributed by atoms with Gasteiger partial charge in [0.25, 0.3) is 0 Å². The molecule has 1 aromatic heterocycles. The number of rotatable bonds is 4. The van der Waals surface area contributed by atoms with Gasteiger partial charge in [0.15, 0.2) is 5.13 Å². The topological polar surface area (TPSA) is 77.2 Å². The first kappa shape index (κ1) is 14.7. The molecule has 1 aromatic carbocycles. The minimum atomic E-state index is -0.229. The highest BCUT2D eigenvalue weighted by molar-refractivity contribution is 7.22. The summed E-state index contributed by atoms with van der Waals surface area (Å²) in [7, 11) is 0. The number of benzene rings is 1. The molecule has 5 nitrogen and oxygen atoms in total. The van der Waals surface area contributed by atoms with Crippen molar-refractivity contribution in [3.8, 4) is 0 Å². The van der Waals surface area contributed by atoms with E-state index in [2.05, 4.69) is 10.3 Å². The molecule has 1 amide bonds. The number of aromatic nitrogens is 1. The average Bonchev–Trinajstić information content (AvgIpc) is 2.68. The van der Waals surface area contributed by atoms with E-state index >= 15 is 0 Å². The van der Waals surface area contributed by atoms with Crippen molar-refractivity contribution in [2.75, 3.05) is 17.7 Å². The van der Waals surface area contributed by atoms with E-state index in [-0.39, 0.29) is 11.5 Å². The molecule has 0 radical (unpaired) electrons. The second-order valence-corrected chi connectivity index (χ2v) is 6.54. The molecule has 6 heteroatoms. The van der Waals surface area contributed by atoms with Crippen LogP contribution in [0.1, 0.15) is 27.2 Å². The van der Waals surface area contributed by atoms with Gasteiger partial charge in [-0.3, -0.25) is 4.79 Å². The van der Waals surface area contributed by atoms with Crippen molar-refractivity contribution in [1.82, 2.24) is 4.98 Å². The predicted octanol–water partition coefficient (Wildman–Crippen LogP) is 3.02. The number of ether oxygens (including phenoxy) is 1. The fourth-order valence-corrected chi connectivity index (χ4v) is 2.56. The van der Waals surface area contributed by atoms with Crippen LogP contribution in [0.5, 0.6) is 0 Å². The quantitative estimate of drug-likeness (QED) is 0.849. The van der Waals surface area contributed by atoms with Crippen LogP contribution in [0.25, 0.3) is 10.2 Å².